The quantitative estimate of drug-likeness (QED) is 0.413. The van der Waals surface area contributed by atoms with E-state index in [1.807, 2.05) is 19.1 Å². The van der Waals surface area contributed by atoms with Crippen LogP contribution in [0.3, 0.4) is 0 Å². The van der Waals surface area contributed by atoms with Crippen molar-refractivity contribution in [2.24, 2.45) is 0 Å². The molecule has 21 heavy (non-hydrogen) atoms. The summed E-state index contributed by atoms with van der Waals surface area (Å²) < 4.78 is 0. The summed E-state index contributed by atoms with van der Waals surface area (Å²) in [5.41, 5.74) is 0. The summed E-state index contributed by atoms with van der Waals surface area (Å²) in [6.45, 7) is 4.62. The van der Waals surface area contributed by atoms with Gasteiger partial charge in [-0.2, -0.15) is 0 Å². The van der Waals surface area contributed by atoms with Crippen LogP contribution < -0.4 is 0 Å². The number of carboxylic acid groups (broad SMARTS) is 1. The van der Waals surface area contributed by atoms with Crippen molar-refractivity contribution in [3.8, 4) is 0 Å². The van der Waals surface area contributed by atoms with E-state index in [1.165, 1.54) is 30.6 Å². The average molecular weight is 297 g/mol. The molecule has 0 aromatic heterocycles. The number of amides is 1. The molecule has 0 aromatic carbocycles. The zero-order valence-electron chi connectivity index (χ0n) is 13.6. The summed E-state index contributed by atoms with van der Waals surface area (Å²) in [6.07, 6.45) is 12.9. The molecular weight excluding hydrogens is 266 g/mol. The normalized spacial score (nSPS) is 11.0. The second kappa shape index (κ2) is 13.7. The van der Waals surface area contributed by atoms with Gasteiger partial charge in [-0.25, -0.2) is 0 Å². The van der Waals surface area contributed by atoms with Crippen LogP contribution in [0.15, 0.2) is 12.2 Å². The van der Waals surface area contributed by atoms with E-state index in [4.69, 9.17) is 5.11 Å². The molecule has 0 radical (unpaired) electrons. The lowest BCUT2D eigenvalue weighted by atomic mass is 10.1. The van der Waals surface area contributed by atoms with Gasteiger partial charge in [-0.3, -0.25) is 9.59 Å². The van der Waals surface area contributed by atoms with Crippen LogP contribution in [0, 0.1) is 0 Å². The third-order valence-corrected chi connectivity index (χ3v) is 3.39. The van der Waals surface area contributed by atoms with Crippen LogP contribution in [0.5, 0.6) is 0 Å². The van der Waals surface area contributed by atoms with Gasteiger partial charge in [-0.1, -0.05) is 58.1 Å². The van der Waals surface area contributed by atoms with Crippen LogP contribution in [0.4, 0.5) is 0 Å². The van der Waals surface area contributed by atoms with Gasteiger partial charge in [-0.05, 0) is 19.3 Å². The van der Waals surface area contributed by atoms with E-state index in [-0.39, 0.29) is 12.5 Å². The summed E-state index contributed by atoms with van der Waals surface area (Å²) in [7, 11) is 0. The monoisotopic (exact) mass is 297 g/mol. The summed E-state index contributed by atoms with van der Waals surface area (Å²) >= 11 is 0. The minimum absolute atomic E-state index is 0.0493. The molecule has 4 heteroatoms. The third kappa shape index (κ3) is 12.2. The molecule has 0 atom stereocenters. The number of aliphatic carboxylic acids is 1. The molecular formula is C17H31NO3. The zero-order chi connectivity index (χ0) is 15.9. The largest absolute Gasteiger partial charge is 0.480 e. The van der Waals surface area contributed by atoms with Crippen LogP contribution in [0.25, 0.3) is 0 Å². The van der Waals surface area contributed by atoms with Gasteiger partial charge in [0.15, 0.2) is 0 Å². The Morgan fingerprint density at radius 2 is 1.67 bits per heavy atom. The highest BCUT2D eigenvalue weighted by Gasteiger charge is 2.15. The van der Waals surface area contributed by atoms with Crippen molar-refractivity contribution in [2.75, 3.05) is 13.1 Å². The maximum Gasteiger partial charge on any atom is 0.323 e. The van der Waals surface area contributed by atoms with Gasteiger partial charge in [0, 0.05) is 13.0 Å². The van der Waals surface area contributed by atoms with E-state index in [9.17, 15) is 9.59 Å². The number of unbranched alkanes of at least 4 members (excludes halogenated alkanes) is 5. The lowest BCUT2D eigenvalue weighted by Gasteiger charge is -2.20. The van der Waals surface area contributed by atoms with Crippen molar-refractivity contribution >= 4 is 11.9 Å². The predicted molar refractivity (Wildman–Crippen MR) is 86.3 cm³/mol. The summed E-state index contributed by atoms with van der Waals surface area (Å²) in [5, 5.41) is 8.91. The molecule has 122 valence electrons. The average Bonchev–Trinajstić information content (AvgIpc) is 2.45. The number of allylic oxidation sites excluding steroid dienone is 2. The molecule has 0 unspecified atom stereocenters. The summed E-state index contributed by atoms with van der Waals surface area (Å²) in [4.78, 5) is 24.4. The Morgan fingerprint density at radius 3 is 2.29 bits per heavy atom. The number of nitrogens with zero attached hydrogens (tertiary/aromatic N) is 1. The van der Waals surface area contributed by atoms with Gasteiger partial charge in [0.2, 0.25) is 5.91 Å². The molecule has 0 bridgehead atoms. The minimum Gasteiger partial charge on any atom is -0.480 e. The Balaban J connectivity index is 4.03. The lowest BCUT2D eigenvalue weighted by Crippen LogP contribution is -2.36. The first-order valence-corrected chi connectivity index (χ1v) is 8.26. The van der Waals surface area contributed by atoms with E-state index >= 15 is 0 Å². The highest BCUT2D eigenvalue weighted by Crippen LogP contribution is 2.07. The van der Waals surface area contributed by atoms with Gasteiger partial charge < -0.3 is 10.0 Å². The Bertz CT molecular complexity index is 313. The van der Waals surface area contributed by atoms with E-state index < -0.39 is 5.97 Å². The molecule has 1 N–H and O–H groups in total. The maximum atomic E-state index is 12.0. The van der Waals surface area contributed by atoms with Gasteiger partial charge in [-0.15, -0.1) is 0 Å². The molecule has 0 heterocycles. The summed E-state index contributed by atoms with van der Waals surface area (Å²) in [5.74, 6) is -0.981. The molecule has 0 aliphatic carbocycles. The number of hydrogen-bond donors (Lipinski definition) is 1. The Kier molecular flexibility index (Phi) is 12.8. The van der Waals surface area contributed by atoms with Crippen molar-refractivity contribution in [2.45, 2.75) is 71.6 Å². The first-order valence-electron chi connectivity index (χ1n) is 8.26. The second-order valence-electron chi connectivity index (χ2n) is 5.40. The number of rotatable bonds is 13. The first kappa shape index (κ1) is 19.7. The number of carboxylic acids is 1. The van der Waals surface area contributed by atoms with E-state index in [1.54, 1.807) is 0 Å². The number of carbonyl (C=O) groups is 2. The van der Waals surface area contributed by atoms with Crippen LogP contribution in [0.1, 0.15) is 71.6 Å². The van der Waals surface area contributed by atoms with E-state index in [0.29, 0.717) is 19.4 Å². The minimum atomic E-state index is -0.932. The van der Waals surface area contributed by atoms with Crippen molar-refractivity contribution < 1.29 is 14.7 Å². The van der Waals surface area contributed by atoms with Crippen molar-refractivity contribution in [3.63, 3.8) is 0 Å². The second-order valence-corrected chi connectivity index (χ2v) is 5.40. The van der Waals surface area contributed by atoms with Crippen LogP contribution in [-0.2, 0) is 9.59 Å². The topological polar surface area (TPSA) is 57.6 Å². The van der Waals surface area contributed by atoms with Gasteiger partial charge >= 0.3 is 5.97 Å². The zero-order valence-corrected chi connectivity index (χ0v) is 13.6. The molecule has 1 amide bonds. The predicted octanol–water partition coefficient (Wildman–Crippen LogP) is 4.01. The standard InChI is InChI=1S/C17H31NO3/c1-3-5-7-9-10-12-14-18(15-17(20)21)16(19)13-11-8-6-4-2/h6,8H,3-5,7,9-15H2,1-2H3,(H,20,21)/b8-6+. The molecule has 0 saturated heterocycles. The van der Waals surface area contributed by atoms with Crippen molar-refractivity contribution in [1.82, 2.24) is 4.90 Å². The van der Waals surface area contributed by atoms with Crippen LogP contribution in [0.2, 0.25) is 0 Å². The fourth-order valence-electron chi connectivity index (χ4n) is 2.19. The van der Waals surface area contributed by atoms with Crippen LogP contribution >= 0.6 is 0 Å². The van der Waals surface area contributed by atoms with E-state index in [2.05, 4.69) is 6.92 Å². The molecule has 0 rings (SSSR count). The van der Waals surface area contributed by atoms with Gasteiger partial charge in [0.05, 0.1) is 0 Å². The van der Waals surface area contributed by atoms with Gasteiger partial charge in [0.1, 0.15) is 6.54 Å². The smallest absolute Gasteiger partial charge is 0.323 e. The highest BCUT2D eigenvalue weighted by atomic mass is 16.4. The summed E-state index contributed by atoms with van der Waals surface area (Å²) in [6, 6.07) is 0. The first-order chi connectivity index (χ1) is 10.1. The molecule has 0 aliphatic heterocycles. The molecule has 0 fully saturated rings. The Morgan fingerprint density at radius 1 is 1.00 bits per heavy atom. The fourth-order valence-corrected chi connectivity index (χ4v) is 2.19. The van der Waals surface area contributed by atoms with E-state index in [0.717, 1.165) is 19.3 Å². The number of hydrogen-bond acceptors (Lipinski definition) is 2. The Labute approximate surface area is 129 Å². The lowest BCUT2D eigenvalue weighted by molar-refractivity contribution is -0.144. The number of carbonyl (C=O) groups excluding carboxylic acids is 1. The highest BCUT2D eigenvalue weighted by molar-refractivity contribution is 5.81. The van der Waals surface area contributed by atoms with Crippen LogP contribution in [-0.4, -0.2) is 35.0 Å². The third-order valence-electron chi connectivity index (χ3n) is 3.39. The molecule has 0 aliphatic rings. The SMILES string of the molecule is CC/C=C/CCC(=O)N(CCCCCCCC)CC(=O)O. The van der Waals surface area contributed by atoms with Crippen molar-refractivity contribution in [3.05, 3.63) is 12.2 Å². The molecule has 0 spiro atoms. The fraction of sp³-hybridized carbons (Fsp3) is 0.765. The molecule has 0 aromatic rings. The molecule has 4 nitrogen and oxygen atoms in total. The Hall–Kier alpha value is -1.32. The maximum absolute atomic E-state index is 12.0. The molecule has 0 saturated carbocycles. The van der Waals surface area contributed by atoms with Crippen molar-refractivity contribution in [1.29, 1.82) is 0 Å². The van der Waals surface area contributed by atoms with Gasteiger partial charge in [0.25, 0.3) is 0 Å².